The first-order valence-corrected chi connectivity index (χ1v) is 12.3. The zero-order valence-electron chi connectivity index (χ0n) is 19.5. The van der Waals surface area contributed by atoms with Crippen LogP contribution in [0.5, 0.6) is 0 Å². The Hall–Kier alpha value is -4.50. The molecule has 8 nitrogen and oxygen atoms in total. The van der Waals surface area contributed by atoms with Crippen LogP contribution in [0.3, 0.4) is 0 Å². The minimum Gasteiger partial charge on any atom is -0.312 e. The van der Waals surface area contributed by atoms with Crippen LogP contribution in [0.25, 0.3) is 16.9 Å². The molecular weight excluding hydrogens is 470 g/mol. The van der Waals surface area contributed by atoms with Crippen LogP contribution in [0.2, 0.25) is 0 Å². The minimum atomic E-state index is -0.282. The van der Waals surface area contributed by atoms with Gasteiger partial charge >= 0.3 is 0 Å². The normalized spacial score (nSPS) is 11.1. The molecule has 0 aliphatic carbocycles. The Labute approximate surface area is 212 Å². The lowest BCUT2D eigenvalue weighted by Gasteiger charge is -2.03. The number of nitrogens with zero attached hydrogens (tertiary/aromatic N) is 6. The smallest absolute Gasteiger partial charge is 0.271 e. The van der Waals surface area contributed by atoms with Gasteiger partial charge in [0.15, 0.2) is 5.16 Å². The fourth-order valence-electron chi connectivity index (χ4n) is 3.54. The van der Waals surface area contributed by atoms with Gasteiger partial charge in [0.05, 0.1) is 11.9 Å². The van der Waals surface area contributed by atoms with Gasteiger partial charge < -0.3 is 4.57 Å². The highest BCUT2D eigenvalue weighted by Gasteiger charge is 2.11. The number of benzene rings is 3. The van der Waals surface area contributed by atoms with Crippen molar-refractivity contribution in [2.24, 2.45) is 12.1 Å². The molecule has 0 saturated heterocycles. The van der Waals surface area contributed by atoms with Crippen LogP contribution < -0.4 is 5.43 Å². The summed E-state index contributed by atoms with van der Waals surface area (Å²) >= 11 is 1.59. The van der Waals surface area contributed by atoms with E-state index >= 15 is 0 Å². The van der Waals surface area contributed by atoms with Crippen molar-refractivity contribution < 1.29 is 4.79 Å². The van der Waals surface area contributed by atoms with Crippen molar-refractivity contribution in [3.05, 3.63) is 114 Å². The second-order valence-corrected chi connectivity index (χ2v) is 8.93. The van der Waals surface area contributed by atoms with Gasteiger partial charge in [0.2, 0.25) is 0 Å². The highest BCUT2D eigenvalue weighted by Crippen LogP contribution is 2.23. The molecule has 0 atom stereocenters. The first kappa shape index (κ1) is 23.3. The van der Waals surface area contributed by atoms with Crippen molar-refractivity contribution in [2.75, 3.05) is 0 Å². The average molecular weight is 494 g/mol. The van der Waals surface area contributed by atoms with Crippen LogP contribution in [-0.4, -0.2) is 36.7 Å². The molecule has 5 rings (SSSR count). The molecule has 1 amide bonds. The molecule has 1 N–H and O–H groups in total. The summed E-state index contributed by atoms with van der Waals surface area (Å²) in [5.74, 6) is 0.454. The van der Waals surface area contributed by atoms with Crippen molar-refractivity contribution in [1.82, 2.24) is 30.0 Å². The van der Waals surface area contributed by atoms with E-state index in [1.54, 1.807) is 36.4 Å². The first-order valence-electron chi connectivity index (χ1n) is 11.3. The van der Waals surface area contributed by atoms with E-state index in [1.165, 1.54) is 0 Å². The summed E-state index contributed by atoms with van der Waals surface area (Å²) in [6, 6.07) is 27.2. The van der Waals surface area contributed by atoms with E-state index in [4.69, 9.17) is 5.10 Å². The average Bonchev–Trinajstić information content (AvgIpc) is 3.55. The van der Waals surface area contributed by atoms with Crippen molar-refractivity contribution >= 4 is 23.9 Å². The number of amides is 1. The summed E-state index contributed by atoms with van der Waals surface area (Å²) in [6.07, 6.45) is 5.20. The molecular formula is C27H23N7OS. The van der Waals surface area contributed by atoms with Gasteiger partial charge in [0.25, 0.3) is 5.91 Å². The number of carbonyl (C=O) groups excluding carboxylic acids is 1. The Bertz CT molecular complexity index is 1480. The number of hydrogen-bond acceptors (Lipinski definition) is 6. The van der Waals surface area contributed by atoms with Gasteiger partial charge in [-0.25, -0.2) is 10.1 Å². The zero-order chi connectivity index (χ0) is 24.7. The maximum atomic E-state index is 12.6. The Morgan fingerprint density at radius 2 is 1.72 bits per heavy atom. The third kappa shape index (κ3) is 5.42. The predicted molar refractivity (Wildman–Crippen MR) is 141 cm³/mol. The van der Waals surface area contributed by atoms with E-state index in [9.17, 15) is 4.79 Å². The highest BCUT2D eigenvalue weighted by molar-refractivity contribution is 7.98. The van der Waals surface area contributed by atoms with Crippen LogP contribution >= 0.6 is 11.8 Å². The molecule has 0 unspecified atom stereocenters. The molecule has 0 aliphatic heterocycles. The van der Waals surface area contributed by atoms with Gasteiger partial charge in [-0.1, -0.05) is 72.4 Å². The molecule has 0 radical (unpaired) electrons. The largest absolute Gasteiger partial charge is 0.312 e. The third-order valence-electron chi connectivity index (χ3n) is 5.43. The van der Waals surface area contributed by atoms with Gasteiger partial charge in [0, 0.05) is 35.7 Å². The molecule has 5 aromatic rings. The molecule has 2 aromatic heterocycles. The van der Waals surface area contributed by atoms with Gasteiger partial charge in [-0.15, -0.1) is 10.2 Å². The molecule has 0 bridgehead atoms. The Balaban J connectivity index is 1.27. The van der Waals surface area contributed by atoms with Gasteiger partial charge in [0.1, 0.15) is 12.0 Å². The Morgan fingerprint density at radius 1 is 1.00 bits per heavy atom. The number of thioether (sulfide) groups is 1. The second kappa shape index (κ2) is 10.8. The maximum Gasteiger partial charge on any atom is 0.271 e. The fraction of sp³-hybridized carbons (Fsp3) is 0.0741. The lowest BCUT2D eigenvalue weighted by atomic mass is 10.1. The first-order chi connectivity index (χ1) is 17.7. The highest BCUT2D eigenvalue weighted by atomic mass is 32.2. The minimum absolute atomic E-state index is 0.282. The molecule has 3 aromatic carbocycles. The van der Waals surface area contributed by atoms with Crippen LogP contribution in [0.1, 0.15) is 21.5 Å². The molecule has 0 fully saturated rings. The number of hydrogen-bond donors (Lipinski definition) is 1. The van der Waals surface area contributed by atoms with Crippen LogP contribution in [-0.2, 0) is 12.8 Å². The Morgan fingerprint density at radius 3 is 2.42 bits per heavy atom. The summed E-state index contributed by atoms with van der Waals surface area (Å²) in [7, 11) is 1.91. The molecule has 178 valence electrons. The number of aromatic nitrogens is 5. The summed E-state index contributed by atoms with van der Waals surface area (Å²) < 4.78 is 3.68. The van der Waals surface area contributed by atoms with Gasteiger partial charge in [-0.3, -0.25) is 4.79 Å². The lowest BCUT2D eigenvalue weighted by Crippen LogP contribution is -2.17. The van der Waals surface area contributed by atoms with Crippen molar-refractivity contribution in [3.63, 3.8) is 0 Å². The number of aryl methyl sites for hydroxylation is 1. The quantitative estimate of drug-likeness (QED) is 0.192. The number of rotatable bonds is 8. The molecule has 0 spiro atoms. The third-order valence-corrected chi connectivity index (χ3v) is 6.54. The molecule has 2 heterocycles. The molecule has 0 aliphatic rings. The molecule has 9 heteroatoms. The predicted octanol–water partition coefficient (Wildman–Crippen LogP) is 4.72. The monoisotopic (exact) mass is 493 g/mol. The summed E-state index contributed by atoms with van der Waals surface area (Å²) in [4.78, 5) is 12.6. The van der Waals surface area contributed by atoms with Crippen LogP contribution in [0, 0.1) is 0 Å². The maximum absolute atomic E-state index is 12.6. The van der Waals surface area contributed by atoms with E-state index in [2.05, 4.69) is 20.7 Å². The van der Waals surface area contributed by atoms with Crippen molar-refractivity contribution in [3.8, 4) is 16.9 Å². The van der Waals surface area contributed by atoms with Crippen LogP contribution in [0.4, 0.5) is 0 Å². The number of para-hydroxylation sites is 1. The van der Waals surface area contributed by atoms with Crippen molar-refractivity contribution in [2.45, 2.75) is 10.9 Å². The zero-order valence-corrected chi connectivity index (χ0v) is 20.3. The van der Waals surface area contributed by atoms with E-state index in [0.717, 1.165) is 39.0 Å². The topological polar surface area (TPSA) is 90.0 Å². The van der Waals surface area contributed by atoms with E-state index in [0.29, 0.717) is 5.56 Å². The van der Waals surface area contributed by atoms with E-state index < -0.39 is 0 Å². The summed E-state index contributed by atoms with van der Waals surface area (Å²) in [6.45, 7) is 0. The summed E-state index contributed by atoms with van der Waals surface area (Å²) in [5, 5.41) is 17.8. The lowest BCUT2D eigenvalue weighted by molar-refractivity contribution is 0.0955. The molecule has 36 heavy (non-hydrogen) atoms. The molecule has 0 saturated carbocycles. The van der Waals surface area contributed by atoms with E-state index in [1.807, 2.05) is 95.3 Å². The van der Waals surface area contributed by atoms with Gasteiger partial charge in [-0.2, -0.15) is 10.2 Å². The van der Waals surface area contributed by atoms with Gasteiger partial charge in [-0.05, 0) is 29.8 Å². The SMILES string of the molecule is Cn1cnnc1SCc1ccc(C(=O)N/N=C/c2cn(-c3ccccc3)nc2-c2ccccc2)cc1. The number of carbonyl (C=O) groups is 1. The number of hydrazone groups is 1. The number of nitrogens with one attached hydrogen (secondary N) is 1. The van der Waals surface area contributed by atoms with E-state index in [-0.39, 0.29) is 5.91 Å². The Kier molecular flexibility index (Phi) is 7.00. The standard InChI is InChI=1S/C27H23N7OS/c1-33-19-29-31-27(33)36-18-20-12-14-22(15-13-20)26(35)30-28-16-23-17-34(24-10-6-3-7-11-24)32-25(23)21-8-4-2-5-9-21/h2-17,19H,18H2,1H3,(H,30,35)/b28-16+. The summed E-state index contributed by atoms with van der Waals surface area (Å²) in [5.41, 5.74) is 7.72. The fourth-order valence-corrected chi connectivity index (χ4v) is 4.39. The second-order valence-electron chi connectivity index (χ2n) is 7.99. The van der Waals surface area contributed by atoms with Crippen molar-refractivity contribution in [1.29, 1.82) is 0 Å². The van der Waals surface area contributed by atoms with Crippen LogP contribution in [0.15, 0.2) is 108 Å².